The first-order valence-corrected chi connectivity index (χ1v) is 7.83. The standard InChI is InChI=1S/C15H24N2O2/c18-14-12-5-1-2-6-13(12)15(19)17(14)9-7-11-4-3-8-16-10-11/h11-13,16H,1-10H2. The quantitative estimate of drug-likeness (QED) is 0.787. The molecule has 3 fully saturated rings. The lowest BCUT2D eigenvalue weighted by Gasteiger charge is -2.24. The van der Waals surface area contributed by atoms with E-state index in [-0.39, 0.29) is 23.7 Å². The van der Waals surface area contributed by atoms with Crippen molar-refractivity contribution in [2.24, 2.45) is 17.8 Å². The van der Waals surface area contributed by atoms with Crippen LogP contribution in [0, 0.1) is 17.8 Å². The molecule has 0 aromatic carbocycles. The Bertz CT molecular complexity index is 339. The van der Waals surface area contributed by atoms with Gasteiger partial charge >= 0.3 is 0 Å². The van der Waals surface area contributed by atoms with Gasteiger partial charge in [-0.25, -0.2) is 0 Å². The van der Waals surface area contributed by atoms with Gasteiger partial charge in [-0.3, -0.25) is 14.5 Å². The number of fused-ring (bicyclic) bond motifs is 1. The Morgan fingerprint density at radius 1 is 1.00 bits per heavy atom. The second-order valence-electron chi connectivity index (χ2n) is 6.33. The molecule has 0 aromatic heterocycles. The van der Waals surface area contributed by atoms with Crippen molar-refractivity contribution < 1.29 is 9.59 Å². The van der Waals surface area contributed by atoms with E-state index in [4.69, 9.17) is 0 Å². The van der Waals surface area contributed by atoms with Gasteiger partial charge in [0.2, 0.25) is 11.8 Å². The number of carbonyl (C=O) groups excluding carboxylic acids is 2. The number of rotatable bonds is 3. The summed E-state index contributed by atoms with van der Waals surface area (Å²) in [5, 5.41) is 3.39. The molecule has 2 aliphatic heterocycles. The molecule has 1 N–H and O–H groups in total. The lowest BCUT2D eigenvalue weighted by Crippen LogP contribution is -2.36. The summed E-state index contributed by atoms with van der Waals surface area (Å²) in [5.41, 5.74) is 0. The molecule has 3 rings (SSSR count). The summed E-state index contributed by atoms with van der Waals surface area (Å²) in [6, 6.07) is 0. The molecule has 0 spiro atoms. The minimum atomic E-state index is 0.0192. The number of nitrogens with one attached hydrogen (secondary N) is 1. The van der Waals surface area contributed by atoms with Gasteiger partial charge in [0, 0.05) is 6.54 Å². The highest BCUT2D eigenvalue weighted by Gasteiger charge is 2.47. The van der Waals surface area contributed by atoms with Gasteiger partial charge in [0.25, 0.3) is 0 Å². The molecular formula is C15H24N2O2. The maximum absolute atomic E-state index is 12.3. The molecular weight excluding hydrogens is 240 g/mol. The number of imide groups is 1. The molecule has 0 radical (unpaired) electrons. The minimum Gasteiger partial charge on any atom is -0.316 e. The molecule has 2 saturated heterocycles. The van der Waals surface area contributed by atoms with Crippen LogP contribution >= 0.6 is 0 Å². The van der Waals surface area contributed by atoms with E-state index >= 15 is 0 Å². The van der Waals surface area contributed by atoms with Gasteiger partial charge in [-0.1, -0.05) is 12.8 Å². The van der Waals surface area contributed by atoms with Gasteiger partial charge in [0.05, 0.1) is 11.8 Å². The predicted molar refractivity (Wildman–Crippen MR) is 72.4 cm³/mol. The second kappa shape index (κ2) is 5.61. The van der Waals surface area contributed by atoms with Crippen molar-refractivity contribution in [3.05, 3.63) is 0 Å². The molecule has 3 atom stereocenters. The Morgan fingerprint density at radius 3 is 2.26 bits per heavy atom. The number of likely N-dealkylation sites (tertiary alicyclic amines) is 1. The predicted octanol–water partition coefficient (Wildman–Crippen LogP) is 1.55. The Morgan fingerprint density at radius 2 is 1.68 bits per heavy atom. The normalized spacial score (nSPS) is 35.6. The molecule has 1 aliphatic carbocycles. The topological polar surface area (TPSA) is 49.4 Å². The first kappa shape index (κ1) is 13.1. The number of piperidine rings is 1. The molecule has 3 aliphatic rings. The molecule has 0 bridgehead atoms. The van der Waals surface area contributed by atoms with Crippen LogP contribution in [-0.2, 0) is 9.59 Å². The van der Waals surface area contributed by atoms with E-state index in [1.807, 2.05) is 0 Å². The molecule has 2 amide bonds. The first-order chi connectivity index (χ1) is 9.27. The highest BCUT2D eigenvalue weighted by Crippen LogP contribution is 2.38. The molecule has 0 aromatic rings. The van der Waals surface area contributed by atoms with Crippen molar-refractivity contribution in [2.45, 2.75) is 44.9 Å². The van der Waals surface area contributed by atoms with Crippen LogP contribution in [0.4, 0.5) is 0 Å². The average Bonchev–Trinajstić information content (AvgIpc) is 2.71. The van der Waals surface area contributed by atoms with Gasteiger partial charge in [0.15, 0.2) is 0 Å². The molecule has 3 unspecified atom stereocenters. The van der Waals surface area contributed by atoms with Crippen LogP contribution in [0.3, 0.4) is 0 Å². The number of amides is 2. The second-order valence-corrected chi connectivity index (χ2v) is 6.33. The molecule has 19 heavy (non-hydrogen) atoms. The zero-order chi connectivity index (χ0) is 13.2. The Labute approximate surface area is 114 Å². The van der Waals surface area contributed by atoms with E-state index in [1.54, 1.807) is 4.90 Å². The minimum absolute atomic E-state index is 0.0192. The molecule has 106 valence electrons. The van der Waals surface area contributed by atoms with Crippen LogP contribution in [-0.4, -0.2) is 36.3 Å². The van der Waals surface area contributed by atoms with Crippen molar-refractivity contribution in [1.29, 1.82) is 0 Å². The third-order valence-corrected chi connectivity index (χ3v) is 5.09. The van der Waals surface area contributed by atoms with Gasteiger partial charge in [0.1, 0.15) is 0 Å². The SMILES string of the molecule is O=C1C2CCCCC2C(=O)N1CCC1CCCNC1. The van der Waals surface area contributed by atoms with E-state index in [9.17, 15) is 9.59 Å². The summed E-state index contributed by atoms with van der Waals surface area (Å²) in [6.07, 6.45) is 7.51. The summed E-state index contributed by atoms with van der Waals surface area (Å²) >= 11 is 0. The summed E-state index contributed by atoms with van der Waals surface area (Å²) in [4.78, 5) is 26.2. The van der Waals surface area contributed by atoms with Crippen LogP contribution in [0.5, 0.6) is 0 Å². The number of nitrogens with zero attached hydrogens (tertiary/aromatic N) is 1. The summed E-state index contributed by atoms with van der Waals surface area (Å²) < 4.78 is 0. The fourth-order valence-corrected chi connectivity index (χ4v) is 3.93. The Hall–Kier alpha value is -0.900. The Kier molecular flexibility index (Phi) is 3.87. The van der Waals surface area contributed by atoms with E-state index in [0.29, 0.717) is 12.5 Å². The molecule has 4 heteroatoms. The summed E-state index contributed by atoms with van der Waals surface area (Å²) in [5.74, 6) is 0.922. The van der Waals surface area contributed by atoms with E-state index in [2.05, 4.69) is 5.32 Å². The van der Waals surface area contributed by atoms with Crippen LogP contribution in [0.15, 0.2) is 0 Å². The van der Waals surface area contributed by atoms with Crippen molar-refractivity contribution in [3.63, 3.8) is 0 Å². The fourth-order valence-electron chi connectivity index (χ4n) is 3.93. The van der Waals surface area contributed by atoms with Gasteiger partial charge < -0.3 is 5.32 Å². The van der Waals surface area contributed by atoms with Crippen LogP contribution in [0.25, 0.3) is 0 Å². The van der Waals surface area contributed by atoms with Crippen molar-refractivity contribution >= 4 is 11.8 Å². The Balaban J connectivity index is 1.58. The maximum Gasteiger partial charge on any atom is 0.233 e. The monoisotopic (exact) mass is 264 g/mol. The summed E-state index contributed by atoms with van der Waals surface area (Å²) in [6.45, 7) is 2.81. The zero-order valence-electron chi connectivity index (χ0n) is 11.6. The largest absolute Gasteiger partial charge is 0.316 e. The molecule has 2 heterocycles. The number of hydrogen-bond donors (Lipinski definition) is 1. The van der Waals surface area contributed by atoms with Crippen molar-refractivity contribution in [1.82, 2.24) is 10.2 Å². The van der Waals surface area contributed by atoms with Gasteiger partial charge in [-0.15, -0.1) is 0 Å². The van der Waals surface area contributed by atoms with Crippen LogP contribution in [0.1, 0.15) is 44.9 Å². The highest BCUT2D eigenvalue weighted by molar-refractivity contribution is 6.05. The number of hydrogen-bond acceptors (Lipinski definition) is 3. The van der Waals surface area contributed by atoms with E-state index in [0.717, 1.165) is 45.2 Å². The third kappa shape index (κ3) is 2.55. The fraction of sp³-hybridized carbons (Fsp3) is 0.867. The highest BCUT2D eigenvalue weighted by atomic mass is 16.2. The van der Waals surface area contributed by atoms with Crippen LogP contribution in [0.2, 0.25) is 0 Å². The van der Waals surface area contributed by atoms with Crippen LogP contribution < -0.4 is 5.32 Å². The van der Waals surface area contributed by atoms with E-state index in [1.165, 1.54) is 12.8 Å². The maximum atomic E-state index is 12.3. The van der Waals surface area contributed by atoms with Gasteiger partial charge in [-0.05, 0) is 51.1 Å². The van der Waals surface area contributed by atoms with E-state index < -0.39 is 0 Å². The molecule has 1 saturated carbocycles. The average molecular weight is 264 g/mol. The van der Waals surface area contributed by atoms with Crippen molar-refractivity contribution in [2.75, 3.05) is 19.6 Å². The number of carbonyl (C=O) groups is 2. The van der Waals surface area contributed by atoms with Crippen molar-refractivity contribution in [3.8, 4) is 0 Å². The first-order valence-electron chi connectivity index (χ1n) is 7.83. The van der Waals surface area contributed by atoms with Gasteiger partial charge in [-0.2, -0.15) is 0 Å². The lowest BCUT2D eigenvalue weighted by molar-refractivity contribution is -0.140. The molecule has 4 nitrogen and oxygen atoms in total. The lowest BCUT2D eigenvalue weighted by atomic mass is 9.81. The smallest absolute Gasteiger partial charge is 0.233 e. The summed E-state index contributed by atoms with van der Waals surface area (Å²) in [7, 11) is 0. The zero-order valence-corrected chi connectivity index (χ0v) is 11.6. The third-order valence-electron chi connectivity index (χ3n) is 5.09.